The molecule has 0 bridgehead atoms. The van der Waals surface area contributed by atoms with Gasteiger partial charge in [-0.2, -0.15) is 0 Å². The first-order chi connectivity index (χ1) is 8.76. The highest BCUT2D eigenvalue weighted by atomic mass is 16.3. The van der Waals surface area contributed by atoms with Gasteiger partial charge in [-0.05, 0) is 25.0 Å². The van der Waals surface area contributed by atoms with Gasteiger partial charge in [0.15, 0.2) is 0 Å². The molecule has 2 nitrogen and oxygen atoms in total. The van der Waals surface area contributed by atoms with E-state index in [1.54, 1.807) is 6.07 Å². The molecule has 2 rings (SSSR count). The number of hydrogen-bond donors (Lipinski definition) is 2. The third-order valence-corrected chi connectivity index (χ3v) is 3.39. The third-order valence-electron chi connectivity index (χ3n) is 3.39. The van der Waals surface area contributed by atoms with E-state index in [1.165, 1.54) is 12.8 Å². The molecule has 0 heterocycles. The van der Waals surface area contributed by atoms with Crippen molar-refractivity contribution in [3.8, 4) is 5.75 Å². The van der Waals surface area contributed by atoms with Crippen molar-refractivity contribution in [1.29, 1.82) is 0 Å². The van der Waals surface area contributed by atoms with Gasteiger partial charge < -0.3 is 10.4 Å². The van der Waals surface area contributed by atoms with Crippen molar-refractivity contribution in [1.82, 2.24) is 0 Å². The average molecular weight is 243 g/mol. The van der Waals surface area contributed by atoms with Crippen molar-refractivity contribution in [2.24, 2.45) is 0 Å². The van der Waals surface area contributed by atoms with Crippen LogP contribution in [-0.4, -0.2) is 11.1 Å². The molecular formula is C16H21NO. The van der Waals surface area contributed by atoms with Gasteiger partial charge in [-0.25, -0.2) is 0 Å². The van der Waals surface area contributed by atoms with E-state index in [0.29, 0.717) is 11.8 Å². The molecule has 0 aliphatic heterocycles. The number of phenolic OH excluding ortho intramolecular Hbond substituents is 1. The molecule has 1 unspecified atom stereocenters. The number of anilines is 1. The van der Waals surface area contributed by atoms with E-state index in [-0.39, 0.29) is 0 Å². The van der Waals surface area contributed by atoms with Crippen molar-refractivity contribution >= 4 is 16.5 Å². The van der Waals surface area contributed by atoms with Gasteiger partial charge >= 0.3 is 0 Å². The average Bonchev–Trinajstić information content (AvgIpc) is 2.41. The molecule has 0 spiro atoms. The van der Waals surface area contributed by atoms with Gasteiger partial charge in [-0.1, -0.05) is 44.5 Å². The van der Waals surface area contributed by atoms with E-state index in [4.69, 9.17) is 0 Å². The van der Waals surface area contributed by atoms with E-state index in [2.05, 4.69) is 25.2 Å². The van der Waals surface area contributed by atoms with Crippen LogP contribution in [0.25, 0.3) is 10.8 Å². The minimum atomic E-state index is 0.347. The molecule has 0 aliphatic carbocycles. The molecule has 96 valence electrons. The highest BCUT2D eigenvalue weighted by Crippen LogP contribution is 2.31. The summed E-state index contributed by atoms with van der Waals surface area (Å²) in [4.78, 5) is 0. The predicted octanol–water partition coefficient (Wildman–Crippen LogP) is 4.54. The zero-order chi connectivity index (χ0) is 13.0. The fourth-order valence-electron chi connectivity index (χ4n) is 2.36. The van der Waals surface area contributed by atoms with Crippen LogP contribution in [0.2, 0.25) is 0 Å². The lowest BCUT2D eigenvalue weighted by atomic mass is 10.1. The van der Waals surface area contributed by atoms with Gasteiger partial charge in [0.1, 0.15) is 5.75 Å². The minimum Gasteiger partial charge on any atom is -0.507 e. The number of benzene rings is 2. The maximum Gasteiger partial charge on any atom is 0.123 e. The van der Waals surface area contributed by atoms with Gasteiger partial charge in [-0.3, -0.25) is 0 Å². The van der Waals surface area contributed by atoms with Crippen molar-refractivity contribution in [2.45, 2.75) is 39.2 Å². The van der Waals surface area contributed by atoms with Crippen LogP contribution in [-0.2, 0) is 0 Å². The first kappa shape index (κ1) is 12.7. The van der Waals surface area contributed by atoms with Crippen molar-refractivity contribution < 1.29 is 5.11 Å². The fourth-order valence-corrected chi connectivity index (χ4v) is 2.36. The molecule has 0 radical (unpaired) electrons. The Hall–Kier alpha value is -1.70. The molecule has 2 aromatic carbocycles. The molecule has 0 amide bonds. The summed E-state index contributed by atoms with van der Waals surface area (Å²) in [6, 6.07) is 12.2. The Balaban J connectivity index is 2.36. The quantitative estimate of drug-likeness (QED) is 0.756. The lowest BCUT2D eigenvalue weighted by molar-refractivity contribution is 0.481. The predicted molar refractivity (Wildman–Crippen MR) is 78.2 cm³/mol. The van der Waals surface area contributed by atoms with Gasteiger partial charge in [0.05, 0.1) is 0 Å². The fraction of sp³-hybridized carbons (Fsp3) is 0.375. The van der Waals surface area contributed by atoms with Crippen molar-refractivity contribution in [2.75, 3.05) is 5.32 Å². The maximum atomic E-state index is 9.86. The van der Waals surface area contributed by atoms with Gasteiger partial charge in [0, 0.05) is 22.5 Å². The number of hydrogen-bond acceptors (Lipinski definition) is 2. The Labute approximate surface area is 109 Å². The van der Waals surface area contributed by atoms with Gasteiger partial charge in [0.2, 0.25) is 0 Å². The normalized spacial score (nSPS) is 12.6. The van der Waals surface area contributed by atoms with E-state index < -0.39 is 0 Å². The Morgan fingerprint density at radius 3 is 2.44 bits per heavy atom. The second kappa shape index (κ2) is 5.76. The molecule has 2 heteroatoms. The lowest BCUT2D eigenvalue weighted by Crippen LogP contribution is -2.18. The Morgan fingerprint density at radius 1 is 1.06 bits per heavy atom. The summed E-state index contributed by atoms with van der Waals surface area (Å²) in [5.74, 6) is 0.347. The van der Waals surface area contributed by atoms with E-state index in [9.17, 15) is 5.11 Å². The highest BCUT2D eigenvalue weighted by molar-refractivity contribution is 5.97. The number of rotatable bonds is 5. The zero-order valence-corrected chi connectivity index (χ0v) is 11.1. The van der Waals surface area contributed by atoms with Gasteiger partial charge in [0.25, 0.3) is 0 Å². The smallest absolute Gasteiger partial charge is 0.123 e. The number of aromatic hydroxyl groups is 1. The minimum absolute atomic E-state index is 0.347. The van der Waals surface area contributed by atoms with E-state index in [0.717, 1.165) is 22.9 Å². The summed E-state index contributed by atoms with van der Waals surface area (Å²) >= 11 is 0. The first-order valence-corrected chi connectivity index (χ1v) is 6.73. The van der Waals surface area contributed by atoms with E-state index in [1.807, 2.05) is 24.3 Å². The SMILES string of the molecule is CCCC(CC)Nc1ccc(O)c2ccccc12. The summed E-state index contributed by atoms with van der Waals surface area (Å²) in [6.07, 6.45) is 3.47. The summed E-state index contributed by atoms with van der Waals surface area (Å²) in [5, 5.41) is 15.5. The summed E-state index contributed by atoms with van der Waals surface area (Å²) < 4.78 is 0. The molecule has 2 N–H and O–H groups in total. The van der Waals surface area contributed by atoms with Crippen LogP contribution >= 0.6 is 0 Å². The Bertz CT molecular complexity index is 521. The van der Waals surface area contributed by atoms with Crippen molar-refractivity contribution in [3.05, 3.63) is 36.4 Å². The third kappa shape index (κ3) is 2.58. The molecular weight excluding hydrogens is 222 g/mol. The first-order valence-electron chi connectivity index (χ1n) is 6.73. The highest BCUT2D eigenvalue weighted by Gasteiger charge is 2.08. The standard InChI is InChI=1S/C16H21NO/c1-3-7-12(4-2)17-15-10-11-16(18)14-9-6-5-8-13(14)15/h5-6,8-12,17-18H,3-4,7H2,1-2H3. The van der Waals surface area contributed by atoms with Crippen LogP contribution in [0.3, 0.4) is 0 Å². The van der Waals surface area contributed by atoms with Crippen LogP contribution in [0.4, 0.5) is 5.69 Å². The molecule has 2 aromatic rings. The molecule has 0 saturated carbocycles. The van der Waals surface area contributed by atoms with E-state index >= 15 is 0 Å². The van der Waals surface area contributed by atoms with Crippen molar-refractivity contribution in [3.63, 3.8) is 0 Å². The summed E-state index contributed by atoms with van der Waals surface area (Å²) in [5.41, 5.74) is 1.11. The van der Waals surface area contributed by atoms with Crippen LogP contribution < -0.4 is 5.32 Å². The largest absolute Gasteiger partial charge is 0.507 e. The Kier molecular flexibility index (Phi) is 4.08. The molecule has 18 heavy (non-hydrogen) atoms. The van der Waals surface area contributed by atoms with Gasteiger partial charge in [-0.15, -0.1) is 0 Å². The van der Waals surface area contributed by atoms with Crippen LogP contribution in [0, 0.1) is 0 Å². The second-order valence-corrected chi connectivity index (χ2v) is 4.72. The summed E-state index contributed by atoms with van der Waals surface area (Å²) in [6.45, 7) is 4.41. The molecule has 0 fully saturated rings. The lowest BCUT2D eigenvalue weighted by Gasteiger charge is -2.19. The number of phenols is 1. The zero-order valence-electron chi connectivity index (χ0n) is 11.1. The molecule has 0 aliphatic rings. The maximum absolute atomic E-state index is 9.86. The van der Waals surface area contributed by atoms with Crippen LogP contribution in [0.1, 0.15) is 33.1 Å². The van der Waals surface area contributed by atoms with Crippen LogP contribution in [0.15, 0.2) is 36.4 Å². The van der Waals surface area contributed by atoms with Crippen LogP contribution in [0.5, 0.6) is 5.75 Å². The number of nitrogens with one attached hydrogen (secondary N) is 1. The molecule has 1 atom stereocenters. The molecule has 0 saturated heterocycles. The number of fused-ring (bicyclic) bond motifs is 1. The molecule has 0 aromatic heterocycles. The Morgan fingerprint density at radius 2 is 1.78 bits per heavy atom. The topological polar surface area (TPSA) is 32.3 Å². The monoisotopic (exact) mass is 243 g/mol. The second-order valence-electron chi connectivity index (χ2n) is 4.72. The summed E-state index contributed by atoms with van der Waals surface area (Å²) in [7, 11) is 0.